The molecule has 1 aromatic carbocycles. The number of carboxylic acid groups (broad SMARTS) is 1. The monoisotopic (exact) mass is 235 g/mol. The number of aryl methyl sites for hydroxylation is 2. The van der Waals surface area contributed by atoms with E-state index < -0.39 is 5.97 Å². The Morgan fingerprint density at radius 1 is 1.35 bits per heavy atom. The van der Waals surface area contributed by atoms with E-state index in [2.05, 4.69) is 32.0 Å². The minimum atomic E-state index is -0.774. The molecule has 17 heavy (non-hydrogen) atoms. The zero-order chi connectivity index (χ0) is 13.0. The Morgan fingerprint density at radius 3 is 2.53 bits per heavy atom. The fourth-order valence-corrected chi connectivity index (χ4v) is 1.78. The summed E-state index contributed by atoms with van der Waals surface area (Å²) >= 11 is 0. The third kappa shape index (κ3) is 4.19. The number of nitrogens with zero attached hydrogens (tertiary/aromatic N) is 1. The van der Waals surface area contributed by atoms with Crippen LogP contribution < -0.4 is 0 Å². The van der Waals surface area contributed by atoms with Crippen molar-refractivity contribution in [3.63, 3.8) is 0 Å². The highest BCUT2D eigenvalue weighted by Gasteiger charge is 2.14. The standard InChI is InChI=1S/C14H21NO2/c1-10(2)15(9-14(16)17)8-13-7-11(3)5-6-12(13)4/h5-7,10H,8-9H2,1-4H3,(H,16,17). The smallest absolute Gasteiger partial charge is 0.317 e. The van der Waals surface area contributed by atoms with Crippen molar-refractivity contribution >= 4 is 5.97 Å². The molecule has 0 atom stereocenters. The molecule has 0 radical (unpaired) electrons. The van der Waals surface area contributed by atoms with E-state index in [1.807, 2.05) is 18.7 Å². The van der Waals surface area contributed by atoms with Gasteiger partial charge in [0.05, 0.1) is 6.54 Å². The van der Waals surface area contributed by atoms with Crippen molar-refractivity contribution in [3.05, 3.63) is 34.9 Å². The van der Waals surface area contributed by atoms with Crippen LogP contribution in [0.4, 0.5) is 0 Å². The molecule has 0 bridgehead atoms. The molecule has 1 rings (SSSR count). The van der Waals surface area contributed by atoms with Crippen LogP contribution in [-0.4, -0.2) is 28.6 Å². The van der Waals surface area contributed by atoms with E-state index >= 15 is 0 Å². The molecule has 0 aliphatic rings. The molecular formula is C14H21NO2. The molecule has 0 amide bonds. The van der Waals surface area contributed by atoms with Gasteiger partial charge in [0.15, 0.2) is 0 Å². The Balaban J connectivity index is 2.85. The topological polar surface area (TPSA) is 40.5 Å². The molecule has 94 valence electrons. The Kier molecular flexibility index (Phi) is 4.70. The highest BCUT2D eigenvalue weighted by atomic mass is 16.4. The second-order valence-corrected chi connectivity index (χ2v) is 4.82. The van der Waals surface area contributed by atoms with Crippen molar-refractivity contribution in [3.8, 4) is 0 Å². The molecule has 0 aliphatic carbocycles. The Labute approximate surface area is 103 Å². The van der Waals surface area contributed by atoms with E-state index in [1.165, 1.54) is 16.7 Å². The zero-order valence-electron chi connectivity index (χ0n) is 11.0. The fraction of sp³-hybridized carbons (Fsp3) is 0.500. The summed E-state index contributed by atoms with van der Waals surface area (Å²) in [5.41, 5.74) is 3.64. The number of carbonyl (C=O) groups is 1. The molecule has 0 fully saturated rings. The summed E-state index contributed by atoms with van der Waals surface area (Å²) in [5.74, 6) is -0.774. The van der Waals surface area contributed by atoms with Crippen molar-refractivity contribution in [1.29, 1.82) is 0 Å². The first-order valence-corrected chi connectivity index (χ1v) is 5.92. The van der Waals surface area contributed by atoms with Crippen molar-refractivity contribution in [2.45, 2.75) is 40.3 Å². The van der Waals surface area contributed by atoms with Gasteiger partial charge in [-0.15, -0.1) is 0 Å². The molecule has 0 unspecified atom stereocenters. The quantitative estimate of drug-likeness (QED) is 0.852. The van der Waals surface area contributed by atoms with Gasteiger partial charge in [-0.1, -0.05) is 23.8 Å². The lowest BCUT2D eigenvalue weighted by atomic mass is 10.0. The van der Waals surface area contributed by atoms with Crippen molar-refractivity contribution in [1.82, 2.24) is 4.90 Å². The normalized spacial score (nSPS) is 11.2. The van der Waals surface area contributed by atoms with Crippen LogP contribution in [0.3, 0.4) is 0 Å². The van der Waals surface area contributed by atoms with E-state index in [4.69, 9.17) is 5.11 Å². The van der Waals surface area contributed by atoms with Gasteiger partial charge in [0.2, 0.25) is 0 Å². The molecule has 0 aliphatic heterocycles. The average molecular weight is 235 g/mol. The maximum atomic E-state index is 10.8. The van der Waals surface area contributed by atoms with Gasteiger partial charge in [-0.05, 0) is 38.8 Å². The predicted molar refractivity (Wildman–Crippen MR) is 69.1 cm³/mol. The van der Waals surface area contributed by atoms with Gasteiger partial charge in [-0.3, -0.25) is 9.69 Å². The lowest BCUT2D eigenvalue weighted by Crippen LogP contribution is -2.35. The zero-order valence-corrected chi connectivity index (χ0v) is 11.0. The van der Waals surface area contributed by atoms with Gasteiger partial charge in [-0.25, -0.2) is 0 Å². The average Bonchev–Trinajstić information content (AvgIpc) is 2.21. The van der Waals surface area contributed by atoms with Crippen LogP contribution in [0.15, 0.2) is 18.2 Å². The molecule has 1 aromatic rings. The van der Waals surface area contributed by atoms with E-state index in [0.29, 0.717) is 6.54 Å². The van der Waals surface area contributed by atoms with Gasteiger partial charge < -0.3 is 5.11 Å². The highest BCUT2D eigenvalue weighted by Crippen LogP contribution is 2.14. The summed E-state index contributed by atoms with van der Waals surface area (Å²) in [6.45, 7) is 8.94. The largest absolute Gasteiger partial charge is 0.480 e. The summed E-state index contributed by atoms with van der Waals surface area (Å²) in [4.78, 5) is 12.8. The molecule has 0 saturated heterocycles. The van der Waals surface area contributed by atoms with Crippen LogP contribution in [0.1, 0.15) is 30.5 Å². The Morgan fingerprint density at radius 2 is 2.00 bits per heavy atom. The SMILES string of the molecule is Cc1ccc(C)c(CN(CC(=O)O)C(C)C)c1. The highest BCUT2D eigenvalue weighted by molar-refractivity contribution is 5.69. The van der Waals surface area contributed by atoms with Gasteiger partial charge in [0.1, 0.15) is 0 Å². The first-order chi connectivity index (χ1) is 7.90. The molecule has 3 heteroatoms. The van der Waals surface area contributed by atoms with Gasteiger partial charge in [0, 0.05) is 12.6 Å². The summed E-state index contributed by atoms with van der Waals surface area (Å²) in [7, 11) is 0. The first-order valence-electron chi connectivity index (χ1n) is 5.92. The van der Waals surface area contributed by atoms with Crippen molar-refractivity contribution in [2.24, 2.45) is 0 Å². The number of hydrogen-bond donors (Lipinski definition) is 1. The predicted octanol–water partition coefficient (Wildman–Crippen LogP) is 2.60. The molecule has 0 saturated carbocycles. The molecular weight excluding hydrogens is 214 g/mol. The molecule has 0 heterocycles. The third-order valence-corrected chi connectivity index (χ3v) is 2.95. The lowest BCUT2D eigenvalue weighted by Gasteiger charge is -2.25. The second-order valence-electron chi connectivity index (χ2n) is 4.82. The van der Waals surface area contributed by atoms with E-state index in [0.717, 1.165) is 0 Å². The van der Waals surface area contributed by atoms with Crippen LogP contribution in [0, 0.1) is 13.8 Å². The molecule has 0 spiro atoms. The van der Waals surface area contributed by atoms with Gasteiger partial charge in [-0.2, -0.15) is 0 Å². The molecule has 1 N–H and O–H groups in total. The Bertz CT molecular complexity index is 399. The van der Waals surface area contributed by atoms with E-state index in [9.17, 15) is 4.79 Å². The summed E-state index contributed by atoms with van der Waals surface area (Å²) in [6.07, 6.45) is 0. The van der Waals surface area contributed by atoms with Crippen molar-refractivity contribution < 1.29 is 9.90 Å². The molecule has 0 aromatic heterocycles. The number of aliphatic carboxylic acids is 1. The minimum Gasteiger partial charge on any atom is -0.480 e. The van der Waals surface area contributed by atoms with E-state index in [1.54, 1.807) is 0 Å². The number of rotatable bonds is 5. The summed E-state index contributed by atoms with van der Waals surface area (Å²) in [5, 5.41) is 8.89. The summed E-state index contributed by atoms with van der Waals surface area (Å²) in [6, 6.07) is 6.53. The lowest BCUT2D eigenvalue weighted by molar-refractivity contribution is -0.138. The van der Waals surface area contributed by atoms with Crippen LogP contribution in [0.5, 0.6) is 0 Å². The Hall–Kier alpha value is -1.35. The maximum Gasteiger partial charge on any atom is 0.317 e. The molecule has 3 nitrogen and oxygen atoms in total. The van der Waals surface area contributed by atoms with Crippen LogP contribution in [0.2, 0.25) is 0 Å². The number of hydrogen-bond acceptors (Lipinski definition) is 2. The second kappa shape index (κ2) is 5.82. The van der Waals surface area contributed by atoms with Gasteiger partial charge >= 0.3 is 5.97 Å². The van der Waals surface area contributed by atoms with Crippen LogP contribution in [0.25, 0.3) is 0 Å². The fourth-order valence-electron chi connectivity index (χ4n) is 1.78. The minimum absolute atomic E-state index is 0.0883. The van der Waals surface area contributed by atoms with Crippen molar-refractivity contribution in [2.75, 3.05) is 6.54 Å². The summed E-state index contributed by atoms with van der Waals surface area (Å²) < 4.78 is 0. The van der Waals surface area contributed by atoms with Gasteiger partial charge in [0.25, 0.3) is 0 Å². The van der Waals surface area contributed by atoms with Crippen LogP contribution >= 0.6 is 0 Å². The maximum absolute atomic E-state index is 10.8. The number of carboxylic acids is 1. The number of benzene rings is 1. The first kappa shape index (κ1) is 13.7. The third-order valence-electron chi connectivity index (χ3n) is 2.95. The van der Waals surface area contributed by atoms with E-state index in [-0.39, 0.29) is 12.6 Å². The van der Waals surface area contributed by atoms with Crippen LogP contribution in [-0.2, 0) is 11.3 Å².